The molecule has 8 nitrogen and oxygen atoms in total. The second-order valence-electron chi connectivity index (χ2n) is 5.20. The van der Waals surface area contributed by atoms with Crippen LogP contribution in [-0.2, 0) is 11.3 Å². The molecule has 1 aromatic carbocycles. The van der Waals surface area contributed by atoms with Crippen molar-refractivity contribution in [1.29, 1.82) is 0 Å². The van der Waals surface area contributed by atoms with Crippen molar-refractivity contribution in [1.82, 2.24) is 19.7 Å². The van der Waals surface area contributed by atoms with E-state index >= 15 is 0 Å². The first kappa shape index (κ1) is 16.9. The molecule has 0 fully saturated rings. The number of carbonyl (C=O) groups is 2. The molecule has 3 aromatic rings. The van der Waals surface area contributed by atoms with E-state index in [9.17, 15) is 14.4 Å². The molecule has 0 saturated heterocycles. The predicted octanol–water partition coefficient (Wildman–Crippen LogP) is 1.79. The van der Waals surface area contributed by atoms with Crippen molar-refractivity contribution in [3.8, 4) is 0 Å². The molecule has 0 saturated carbocycles. The normalized spacial score (nSPS) is 10.6. The number of nitrogens with one attached hydrogen (secondary N) is 1. The number of carbonyl (C=O) groups excluding carboxylic acids is 2. The fourth-order valence-corrected chi connectivity index (χ4v) is 2.67. The Labute approximate surface area is 150 Å². The number of amides is 1. The molecule has 1 N–H and O–H groups in total. The molecule has 0 aliphatic heterocycles. The van der Waals surface area contributed by atoms with Crippen LogP contribution in [0.1, 0.15) is 17.4 Å². The third kappa shape index (κ3) is 3.61. The summed E-state index contributed by atoms with van der Waals surface area (Å²) in [6.07, 6.45) is 2.77. The van der Waals surface area contributed by atoms with Gasteiger partial charge >= 0.3 is 0 Å². The highest BCUT2D eigenvalue weighted by molar-refractivity contribution is 9.10. The van der Waals surface area contributed by atoms with Gasteiger partial charge in [0.05, 0.1) is 5.39 Å². The van der Waals surface area contributed by atoms with Crippen LogP contribution in [0.3, 0.4) is 0 Å². The molecule has 0 aliphatic carbocycles. The number of ketones is 1. The van der Waals surface area contributed by atoms with E-state index < -0.39 is 11.5 Å². The molecule has 2 heterocycles. The summed E-state index contributed by atoms with van der Waals surface area (Å²) in [6.45, 7) is 1.02. The lowest BCUT2D eigenvalue weighted by molar-refractivity contribution is -0.117. The SMILES string of the molecule is CC(=O)c1nn(CC(=O)Nc2ccncn2)c(=O)c2ccc(Br)cc12. The Balaban J connectivity index is 2.00. The van der Waals surface area contributed by atoms with Gasteiger partial charge in [0.15, 0.2) is 5.78 Å². The average Bonchev–Trinajstić information content (AvgIpc) is 2.57. The maximum absolute atomic E-state index is 12.6. The fourth-order valence-electron chi connectivity index (χ4n) is 2.31. The van der Waals surface area contributed by atoms with Gasteiger partial charge in [-0.05, 0) is 24.3 Å². The highest BCUT2D eigenvalue weighted by atomic mass is 79.9. The maximum atomic E-state index is 12.6. The summed E-state index contributed by atoms with van der Waals surface area (Å²) >= 11 is 3.31. The molecule has 0 bridgehead atoms. The van der Waals surface area contributed by atoms with Crippen LogP contribution in [0.4, 0.5) is 5.82 Å². The minimum absolute atomic E-state index is 0.130. The zero-order chi connectivity index (χ0) is 18.0. The lowest BCUT2D eigenvalue weighted by Gasteiger charge is -2.10. The first-order valence-corrected chi connectivity index (χ1v) is 8.02. The Kier molecular flexibility index (Phi) is 4.66. The summed E-state index contributed by atoms with van der Waals surface area (Å²) < 4.78 is 1.70. The predicted molar refractivity (Wildman–Crippen MR) is 94.4 cm³/mol. The second kappa shape index (κ2) is 6.89. The number of anilines is 1. The first-order valence-electron chi connectivity index (χ1n) is 7.23. The van der Waals surface area contributed by atoms with Gasteiger partial charge in [0.1, 0.15) is 24.4 Å². The van der Waals surface area contributed by atoms with Crippen molar-refractivity contribution in [2.45, 2.75) is 13.5 Å². The number of nitrogens with zero attached hydrogens (tertiary/aromatic N) is 4. The van der Waals surface area contributed by atoms with Crippen LogP contribution in [0, 0.1) is 0 Å². The smallest absolute Gasteiger partial charge is 0.275 e. The third-order valence-corrected chi connectivity index (χ3v) is 3.89. The number of halogens is 1. The number of hydrogen-bond acceptors (Lipinski definition) is 6. The van der Waals surface area contributed by atoms with Crippen molar-refractivity contribution >= 4 is 44.2 Å². The molecule has 0 unspecified atom stereocenters. The van der Waals surface area contributed by atoms with E-state index in [-0.39, 0.29) is 18.0 Å². The summed E-state index contributed by atoms with van der Waals surface area (Å²) in [5, 5.41) is 7.37. The van der Waals surface area contributed by atoms with Crippen molar-refractivity contribution < 1.29 is 9.59 Å². The largest absolute Gasteiger partial charge is 0.309 e. The Morgan fingerprint density at radius 3 is 2.72 bits per heavy atom. The van der Waals surface area contributed by atoms with Crippen LogP contribution in [0.5, 0.6) is 0 Å². The summed E-state index contributed by atoms with van der Waals surface area (Å²) in [6, 6.07) is 6.46. The number of rotatable bonds is 4. The number of benzene rings is 1. The quantitative estimate of drug-likeness (QED) is 0.667. The molecule has 3 rings (SSSR count). The highest BCUT2D eigenvalue weighted by Gasteiger charge is 2.16. The van der Waals surface area contributed by atoms with Crippen molar-refractivity contribution in [2.75, 3.05) is 5.32 Å². The van der Waals surface area contributed by atoms with E-state index in [1.54, 1.807) is 18.2 Å². The van der Waals surface area contributed by atoms with E-state index in [2.05, 4.69) is 36.3 Å². The van der Waals surface area contributed by atoms with E-state index in [4.69, 9.17) is 0 Å². The monoisotopic (exact) mass is 401 g/mol. The molecule has 1 amide bonds. The van der Waals surface area contributed by atoms with E-state index in [0.717, 1.165) is 9.15 Å². The van der Waals surface area contributed by atoms with Crippen molar-refractivity contribution in [2.24, 2.45) is 0 Å². The maximum Gasteiger partial charge on any atom is 0.275 e. The van der Waals surface area contributed by atoms with Crippen LogP contribution < -0.4 is 10.9 Å². The molecule has 2 aromatic heterocycles. The number of Topliss-reactive ketones (excluding diaryl/α,β-unsaturated/α-hetero) is 1. The first-order chi connectivity index (χ1) is 12.0. The van der Waals surface area contributed by atoms with Gasteiger partial charge in [-0.25, -0.2) is 14.6 Å². The summed E-state index contributed by atoms with van der Waals surface area (Å²) in [5.41, 5.74) is -0.323. The van der Waals surface area contributed by atoms with Gasteiger partial charge in [0.25, 0.3) is 5.56 Å². The van der Waals surface area contributed by atoms with Gasteiger partial charge < -0.3 is 5.32 Å². The molecular formula is C16H12BrN5O3. The van der Waals surface area contributed by atoms with Gasteiger partial charge in [-0.3, -0.25) is 14.4 Å². The lowest BCUT2D eigenvalue weighted by Crippen LogP contribution is -2.31. The van der Waals surface area contributed by atoms with Crippen LogP contribution >= 0.6 is 15.9 Å². The van der Waals surface area contributed by atoms with Gasteiger partial charge in [-0.1, -0.05) is 15.9 Å². The zero-order valence-electron chi connectivity index (χ0n) is 13.1. The molecule has 9 heteroatoms. The number of hydrogen-bond donors (Lipinski definition) is 1. The summed E-state index contributed by atoms with van der Waals surface area (Å²) in [7, 11) is 0. The van der Waals surface area contributed by atoms with E-state index in [1.807, 2.05) is 0 Å². The Hall–Kier alpha value is -2.94. The van der Waals surface area contributed by atoms with Crippen LogP contribution in [0.25, 0.3) is 10.8 Å². The fraction of sp³-hybridized carbons (Fsp3) is 0.125. The molecular weight excluding hydrogens is 390 g/mol. The van der Waals surface area contributed by atoms with Crippen molar-refractivity contribution in [3.63, 3.8) is 0 Å². The second-order valence-corrected chi connectivity index (χ2v) is 6.12. The molecule has 0 atom stereocenters. The Bertz CT molecular complexity index is 1030. The van der Waals surface area contributed by atoms with E-state index in [0.29, 0.717) is 16.6 Å². The van der Waals surface area contributed by atoms with Gasteiger partial charge in [0, 0.05) is 23.0 Å². The highest BCUT2D eigenvalue weighted by Crippen LogP contribution is 2.20. The standard InChI is InChI=1S/C16H12BrN5O3/c1-9(23)15-12-6-10(17)2-3-11(12)16(25)22(21-15)7-14(24)20-13-4-5-18-8-19-13/h2-6,8H,7H2,1H3,(H,18,19,20,24). The van der Waals surface area contributed by atoms with Crippen molar-refractivity contribution in [3.05, 3.63) is 57.3 Å². The van der Waals surface area contributed by atoms with Crippen LogP contribution in [-0.4, -0.2) is 31.4 Å². The minimum Gasteiger partial charge on any atom is -0.309 e. The number of fused-ring (bicyclic) bond motifs is 1. The van der Waals surface area contributed by atoms with Gasteiger partial charge in [-0.2, -0.15) is 5.10 Å². The minimum atomic E-state index is -0.487. The van der Waals surface area contributed by atoms with Gasteiger partial charge in [0.2, 0.25) is 5.91 Å². The topological polar surface area (TPSA) is 107 Å². The Morgan fingerprint density at radius 1 is 1.24 bits per heavy atom. The molecule has 0 radical (unpaired) electrons. The lowest BCUT2D eigenvalue weighted by atomic mass is 10.1. The van der Waals surface area contributed by atoms with Crippen LogP contribution in [0.15, 0.2) is 46.1 Å². The third-order valence-electron chi connectivity index (χ3n) is 3.40. The molecule has 0 spiro atoms. The zero-order valence-corrected chi connectivity index (χ0v) is 14.6. The Morgan fingerprint density at radius 2 is 2.04 bits per heavy atom. The molecule has 0 aliphatic rings. The average molecular weight is 402 g/mol. The molecule has 25 heavy (non-hydrogen) atoms. The summed E-state index contributed by atoms with van der Waals surface area (Å²) in [5.74, 6) is -0.475. The van der Waals surface area contributed by atoms with Crippen LogP contribution in [0.2, 0.25) is 0 Å². The number of aromatic nitrogens is 4. The van der Waals surface area contributed by atoms with Gasteiger partial charge in [-0.15, -0.1) is 0 Å². The van der Waals surface area contributed by atoms with E-state index in [1.165, 1.54) is 25.5 Å². The molecule has 126 valence electrons. The summed E-state index contributed by atoms with van der Waals surface area (Å²) in [4.78, 5) is 44.2.